The minimum atomic E-state index is 0.517. The van der Waals surface area contributed by atoms with Gasteiger partial charge < -0.3 is 4.74 Å². The summed E-state index contributed by atoms with van der Waals surface area (Å²) < 4.78 is 5.34. The SMILES string of the molecule is O=C(CC1CCCCCC1)CC1CCOCC1. The maximum atomic E-state index is 12.1. The van der Waals surface area contributed by atoms with Gasteiger partial charge in [-0.1, -0.05) is 38.5 Å². The van der Waals surface area contributed by atoms with Crippen molar-refractivity contribution in [3.05, 3.63) is 0 Å². The Morgan fingerprint density at radius 3 is 1.94 bits per heavy atom. The summed E-state index contributed by atoms with van der Waals surface area (Å²) in [6, 6.07) is 0. The van der Waals surface area contributed by atoms with E-state index in [9.17, 15) is 4.79 Å². The molecule has 0 N–H and O–H groups in total. The molecular weight excluding hydrogens is 212 g/mol. The third-order valence-electron chi connectivity index (χ3n) is 4.35. The zero-order chi connectivity index (χ0) is 11.9. The highest BCUT2D eigenvalue weighted by molar-refractivity contribution is 5.78. The van der Waals surface area contributed by atoms with Gasteiger partial charge in [0.25, 0.3) is 0 Å². The van der Waals surface area contributed by atoms with Crippen molar-refractivity contribution in [2.45, 2.75) is 64.2 Å². The van der Waals surface area contributed by atoms with Crippen molar-refractivity contribution in [1.29, 1.82) is 0 Å². The molecule has 1 aliphatic carbocycles. The Morgan fingerprint density at radius 1 is 0.824 bits per heavy atom. The van der Waals surface area contributed by atoms with E-state index in [0.717, 1.165) is 38.9 Å². The molecule has 2 heteroatoms. The van der Waals surface area contributed by atoms with Gasteiger partial charge in [-0.3, -0.25) is 4.79 Å². The molecule has 0 spiro atoms. The number of ketones is 1. The van der Waals surface area contributed by atoms with E-state index >= 15 is 0 Å². The van der Waals surface area contributed by atoms with Crippen molar-refractivity contribution in [2.24, 2.45) is 11.8 Å². The van der Waals surface area contributed by atoms with E-state index < -0.39 is 0 Å². The molecule has 0 radical (unpaired) electrons. The molecule has 0 atom stereocenters. The van der Waals surface area contributed by atoms with Crippen LogP contribution in [0.15, 0.2) is 0 Å². The molecule has 0 aromatic heterocycles. The van der Waals surface area contributed by atoms with E-state index in [0.29, 0.717) is 17.6 Å². The molecular formula is C15H26O2. The van der Waals surface area contributed by atoms with Gasteiger partial charge in [-0.05, 0) is 24.7 Å². The van der Waals surface area contributed by atoms with Gasteiger partial charge in [0.1, 0.15) is 5.78 Å². The first-order valence-corrected chi connectivity index (χ1v) is 7.44. The Balaban J connectivity index is 1.68. The summed E-state index contributed by atoms with van der Waals surface area (Å²) in [5.74, 6) is 1.83. The van der Waals surface area contributed by atoms with Crippen LogP contribution in [0.25, 0.3) is 0 Å². The number of Topliss-reactive ketones (excluding diaryl/α,β-unsaturated/α-hetero) is 1. The first kappa shape index (κ1) is 13.1. The lowest BCUT2D eigenvalue weighted by atomic mass is 9.88. The van der Waals surface area contributed by atoms with Crippen LogP contribution in [0.1, 0.15) is 64.2 Å². The molecule has 2 nitrogen and oxygen atoms in total. The summed E-state index contributed by atoms with van der Waals surface area (Å²) in [7, 11) is 0. The number of hydrogen-bond acceptors (Lipinski definition) is 2. The van der Waals surface area contributed by atoms with Crippen LogP contribution in [0.4, 0.5) is 0 Å². The lowest BCUT2D eigenvalue weighted by Crippen LogP contribution is -2.19. The Labute approximate surface area is 105 Å². The smallest absolute Gasteiger partial charge is 0.133 e. The van der Waals surface area contributed by atoms with Crippen LogP contribution in [-0.4, -0.2) is 19.0 Å². The van der Waals surface area contributed by atoms with Crippen LogP contribution in [0.2, 0.25) is 0 Å². The fourth-order valence-corrected chi connectivity index (χ4v) is 3.25. The molecule has 1 heterocycles. The molecule has 2 aliphatic rings. The largest absolute Gasteiger partial charge is 0.381 e. The van der Waals surface area contributed by atoms with Crippen molar-refractivity contribution >= 4 is 5.78 Å². The van der Waals surface area contributed by atoms with E-state index in [-0.39, 0.29) is 0 Å². The molecule has 2 rings (SSSR count). The van der Waals surface area contributed by atoms with Gasteiger partial charge in [-0.15, -0.1) is 0 Å². The average Bonchev–Trinajstić information content (AvgIpc) is 2.59. The van der Waals surface area contributed by atoms with Gasteiger partial charge in [0.15, 0.2) is 0 Å². The summed E-state index contributed by atoms with van der Waals surface area (Å²) in [5, 5.41) is 0. The summed E-state index contributed by atoms with van der Waals surface area (Å²) >= 11 is 0. The second kappa shape index (κ2) is 7.15. The maximum Gasteiger partial charge on any atom is 0.133 e. The van der Waals surface area contributed by atoms with Gasteiger partial charge in [0, 0.05) is 26.1 Å². The van der Waals surface area contributed by atoms with Crippen LogP contribution in [0.5, 0.6) is 0 Å². The quantitative estimate of drug-likeness (QED) is 0.697. The molecule has 98 valence electrons. The summed E-state index contributed by atoms with van der Waals surface area (Å²) in [5.41, 5.74) is 0. The highest BCUT2D eigenvalue weighted by Crippen LogP contribution is 2.27. The fourth-order valence-electron chi connectivity index (χ4n) is 3.25. The predicted molar refractivity (Wildman–Crippen MR) is 69.0 cm³/mol. The first-order valence-electron chi connectivity index (χ1n) is 7.44. The summed E-state index contributed by atoms with van der Waals surface area (Å²) in [6.07, 6.45) is 11.9. The monoisotopic (exact) mass is 238 g/mol. The number of hydrogen-bond donors (Lipinski definition) is 0. The zero-order valence-corrected chi connectivity index (χ0v) is 11.0. The molecule has 0 amide bonds. The molecule has 0 bridgehead atoms. The molecule has 0 aromatic rings. The van der Waals surface area contributed by atoms with E-state index in [1.807, 2.05) is 0 Å². The summed E-state index contributed by atoms with van der Waals surface area (Å²) in [4.78, 5) is 12.1. The second-order valence-corrected chi connectivity index (χ2v) is 5.86. The molecule has 17 heavy (non-hydrogen) atoms. The van der Waals surface area contributed by atoms with Crippen LogP contribution in [-0.2, 0) is 9.53 Å². The molecule has 0 aromatic carbocycles. The van der Waals surface area contributed by atoms with Crippen LogP contribution in [0.3, 0.4) is 0 Å². The normalized spacial score (nSPS) is 24.5. The average molecular weight is 238 g/mol. The van der Waals surface area contributed by atoms with Gasteiger partial charge in [0.05, 0.1) is 0 Å². The van der Waals surface area contributed by atoms with Crippen molar-refractivity contribution in [3.63, 3.8) is 0 Å². The van der Waals surface area contributed by atoms with Crippen molar-refractivity contribution in [2.75, 3.05) is 13.2 Å². The van der Waals surface area contributed by atoms with E-state index in [1.165, 1.54) is 38.5 Å². The number of ether oxygens (including phenoxy) is 1. The van der Waals surface area contributed by atoms with Gasteiger partial charge in [-0.25, -0.2) is 0 Å². The number of carbonyl (C=O) groups is 1. The molecule has 1 aliphatic heterocycles. The van der Waals surface area contributed by atoms with E-state index in [1.54, 1.807) is 0 Å². The fraction of sp³-hybridized carbons (Fsp3) is 0.933. The second-order valence-electron chi connectivity index (χ2n) is 5.86. The molecule has 1 saturated carbocycles. The Morgan fingerprint density at radius 2 is 1.35 bits per heavy atom. The van der Waals surface area contributed by atoms with Crippen LogP contribution >= 0.6 is 0 Å². The van der Waals surface area contributed by atoms with E-state index in [4.69, 9.17) is 4.74 Å². The third kappa shape index (κ3) is 4.79. The standard InChI is InChI=1S/C15H26O2/c16-15(12-14-7-9-17-10-8-14)11-13-5-3-1-2-4-6-13/h13-14H,1-12H2. The Kier molecular flexibility index (Phi) is 5.50. The first-order chi connectivity index (χ1) is 8.34. The maximum absolute atomic E-state index is 12.1. The Bertz CT molecular complexity index is 223. The zero-order valence-electron chi connectivity index (χ0n) is 11.0. The van der Waals surface area contributed by atoms with Crippen LogP contribution in [0, 0.1) is 11.8 Å². The molecule has 0 unspecified atom stereocenters. The predicted octanol–water partition coefficient (Wildman–Crippen LogP) is 3.73. The third-order valence-corrected chi connectivity index (χ3v) is 4.35. The highest BCUT2D eigenvalue weighted by Gasteiger charge is 2.20. The van der Waals surface area contributed by atoms with Crippen molar-refractivity contribution in [3.8, 4) is 0 Å². The highest BCUT2D eigenvalue weighted by atomic mass is 16.5. The van der Waals surface area contributed by atoms with E-state index in [2.05, 4.69) is 0 Å². The number of carbonyl (C=O) groups excluding carboxylic acids is 1. The van der Waals surface area contributed by atoms with Crippen molar-refractivity contribution < 1.29 is 9.53 Å². The van der Waals surface area contributed by atoms with Crippen molar-refractivity contribution in [1.82, 2.24) is 0 Å². The Hall–Kier alpha value is -0.370. The van der Waals surface area contributed by atoms with Gasteiger partial charge in [0.2, 0.25) is 0 Å². The number of rotatable bonds is 4. The summed E-state index contributed by atoms with van der Waals surface area (Å²) in [6.45, 7) is 1.72. The lowest BCUT2D eigenvalue weighted by Gasteiger charge is -2.22. The minimum Gasteiger partial charge on any atom is -0.381 e. The van der Waals surface area contributed by atoms with Gasteiger partial charge >= 0.3 is 0 Å². The van der Waals surface area contributed by atoms with Crippen LogP contribution < -0.4 is 0 Å². The van der Waals surface area contributed by atoms with Gasteiger partial charge in [-0.2, -0.15) is 0 Å². The lowest BCUT2D eigenvalue weighted by molar-refractivity contribution is -0.121. The minimum absolute atomic E-state index is 0.517. The molecule has 2 fully saturated rings. The topological polar surface area (TPSA) is 26.3 Å². The molecule has 1 saturated heterocycles.